The van der Waals surface area contributed by atoms with Crippen molar-refractivity contribution in [2.75, 3.05) is 11.1 Å². The van der Waals surface area contributed by atoms with Gasteiger partial charge in [-0.15, -0.1) is 0 Å². The molecule has 2 aromatic rings. The summed E-state index contributed by atoms with van der Waals surface area (Å²) >= 11 is 0. The smallest absolute Gasteiger partial charge is 0.226 e. The van der Waals surface area contributed by atoms with Gasteiger partial charge in [0.05, 0.1) is 0 Å². The highest BCUT2D eigenvalue weighted by atomic mass is 16.1. The van der Waals surface area contributed by atoms with E-state index in [1.54, 1.807) is 35.2 Å². The number of nitrogens with one attached hydrogen (secondary N) is 1. The summed E-state index contributed by atoms with van der Waals surface area (Å²) in [5.74, 6) is 0.192. The van der Waals surface area contributed by atoms with Gasteiger partial charge in [-0.2, -0.15) is 5.26 Å². The van der Waals surface area contributed by atoms with Crippen molar-refractivity contribution in [2.24, 2.45) is 0 Å². The maximum absolute atomic E-state index is 11.9. The zero-order valence-corrected chi connectivity index (χ0v) is 11.1. The molecule has 0 saturated heterocycles. The van der Waals surface area contributed by atoms with Crippen molar-refractivity contribution >= 4 is 17.3 Å². The lowest BCUT2D eigenvalue weighted by Crippen LogP contribution is -2.15. The molecule has 20 heavy (non-hydrogen) atoms. The van der Waals surface area contributed by atoms with E-state index in [0.717, 1.165) is 11.3 Å². The van der Waals surface area contributed by atoms with Crippen LogP contribution in [-0.2, 0) is 11.3 Å². The molecule has 0 radical (unpaired) electrons. The fraction of sp³-hybridized carbons (Fsp3) is 0.214. The topological polar surface area (TPSA) is 96.7 Å². The predicted octanol–water partition coefficient (Wildman–Crippen LogP) is 1.67. The molecule has 2 rings (SSSR count). The third kappa shape index (κ3) is 3.14. The fourth-order valence-corrected chi connectivity index (χ4v) is 1.86. The van der Waals surface area contributed by atoms with Crippen LogP contribution in [-0.4, -0.2) is 15.5 Å². The maximum atomic E-state index is 11.9. The van der Waals surface area contributed by atoms with Crippen molar-refractivity contribution in [3.05, 3.63) is 42.0 Å². The second-order valence-corrected chi connectivity index (χ2v) is 4.43. The minimum atomic E-state index is -0.115. The number of imidazole rings is 1. The Kier molecular flexibility index (Phi) is 4.01. The highest BCUT2D eigenvalue weighted by Crippen LogP contribution is 2.17. The first-order chi connectivity index (χ1) is 9.60. The molecule has 1 aromatic heterocycles. The average molecular weight is 269 g/mol. The number of rotatable bonds is 4. The minimum absolute atomic E-state index is 0.115. The largest absolute Gasteiger partial charge is 0.399 e. The fourth-order valence-electron chi connectivity index (χ4n) is 1.86. The molecule has 0 aliphatic rings. The molecule has 1 heterocycles. The van der Waals surface area contributed by atoms with Crippen molar-refractivity contribution in [1.29, 1.82) is 5.26 Å². The van der Waals surface area contributed by atoms with E-state index in [9.17, 15) is 4.79 Å². The van der Waals surface area contributed by atoms with Gasteiger partial charge in [-0.25, -0.2) is 4.98 Å². The molecule has 3 N–H and O–H groups in total. The van der Waals surface area contributed by atoms with Crippen LogP contribution in [0.2, 0.25) is 0 Å². The van der Waals surface area contributed by atoms with E-state index >= 15 is 0 Å². The summed E-state index contributed by atoms with van der Waals surface area (Å²) in [4.78, 5) is 15.8. The summed E-state index contributed by atoms with van der Waals surface area (Å²) in [6.45, 7) is 2.30. The highest BCUT2D eigenvalue weighted by molar-refractivity contribution is 5.91. The molecule has 6 heteroatoms. The van der Waals surface area contributed by atoms with Gasteiger partial charge in [-0.1, -0.05) is 0 Å². The summed E-state index contributed by atoms with van der Waals surface area (Å²) in [5, 5.41) is 11.7. The Morgan fingerprint density at radius 2 is 2.35 bits per heavy atom. The van der Waals surface area contributed by atoms with Gasteiger partial charge in [0, 0.05) is 36.7 Å². The zero-order chi connectivity index (χ0) is 14.5. The number of carbonyl (C=O) groups is 1. The summed E-state index contributed by atoms with van der Waals surface area (Å²) in [7, 11) is 0. The number of nitrogen functional groups attached to an aromatic ring is 1. The zero-order valence-electron chi connectivity index (χ0n) is 11.1. The van der Waals surface area contributed by atoms with Gasteiger partial charge >= 0.3 is 0 Å². The molecule has 0 spiro atoms. The van der Waals surface area contributed by atoms with E-state index in [4.69, 9.17) is 11.0 Å². The molecule has 0 bridgehead atoms. The van der Waals surface area contributed by atoms with Gasteiger partial charge < -0.3 is 15.6 Å². The number of nitriles is 1. The Morgan fingerprint density at radius 3 is 3.05 bits per heavy atom. The van der Waals surface area contributed by atoms with E-state index < -0.39 is 0 Å². The first-order valence-corrected chi connectivity index (χ1v) is 6.17. The molecular formula is C14H15N5O. The number of nitrogens with two attached hydrogens (primary N) is 1. The summed E-state index contributed by atoms with van der Waals surface area (Å²) in [5.41, 5.74) is 7.99. The van der Waals surface area contributed by atoms with E-state index in [0.29, 0.717) is 18.1 Å². The number of hydrogen-bond acceptors (Lipinski definition) is 4. The standard InChI is InChI=1S/C14H15N5O/c1-10-8-11(16)2-3-12(10)18-14(20)4-6-19-7-5-17-13(19)9-15/h2-3,5,7-8H,4,6,16H2,1H3,(H,18,20). The molecule has 0 saturated carbocycles. The van der Waals surface area contributed by atoms with Crippen LogP contribution in [0.4, 0.5) is 11.4 Å². The van der Waals surface area contributed by atoms with Crippen LogP contribution < -0.4 is 11.1 Å². The van der Waals surface area contributed by atoms with Gasteiger partial charge in [0.15, 0.2) is 0 Å². The van der Waals surface area contributed by atoms with Gasteiger partial charge in [0.25, 0.3) is 0 Å². The van der Waals surface area contributed by atoms with Crippen molar-refractivity contribution in [3.63, 3.8) is 0 Å². The average Bonchev–Trinajstić information content (AvgIpc) is 2.87. The van der Waals surface area contributed by atoms with Gasteiger partial charge in [0.1, 0.15) is 6.07 Å². The Hall–Kier alpha value is -2.81. The molecule has 0 unspecified atom stereocenters. The number of benzene rings is 1. The molecule has 0 aliphatic heterocycles. The Balaban J connectivity index is 1.95. The molecule has 6 nitrogen and oxygen atoms in total. The van der Waals surface area contributed by atoms with Crippen LogP contribution in [0.1, 0.15) is 17.8 Å². The van der Waals surface area contributed by atoms with E-state index in [1.165, 1.54) is 0 Å². The quantitative estimate of drug-likeness (QED) is 0.825. The first-order valence-electron chi connectivity index (χ1n) is 6.17. The Labute approximate surface area is 116 Å². The summed E-state index contributed by atoms with van der Waals surface area (Å²) in [6, 6.07) is 7.30. The Morgan fingerprint density at radius 1 is 1.55 bits per heavy atom. The maximum Gasteiger partial charge on any atom is 0.226 e. The summed E-state index contributed by atoms with van der Waals surface area (Å²) in [6.07, 6.45) is 3.50. The van der Waals surface area contributed by atoms with Crippen LogP contribution in [0.5, 0.6) is 0 Å². The number of hydrogen-bond donors (Lipinski definition) is 2. The number of aryl methyl sites for hydroxylation is 2. The van der Waals surface area contributed by atoms with Crippen molar-refractivity contribution < 1.29 is 4.79 Å². The first kappa shape index (κ1) is 13.6. The number of anilines is 2. The third-order valence-corrected chi connectivity index (χ3v) is 2.92. The monoisotopic (exact) mass is 269 g/mol. The van der Waals surface area contributed by atoms with E-state index in [2.05, 4.69) is 10.3 Å². The minimum Gasteiger partial charge on any atom is -0.399 e. The third-order valence-electron chi connectivity index (χ3n) is 2.92. The van der Waals surface area contributed by atoms with Crippen molar-refractivity contribution in [2.45, 2.75) is 19.9 Å². The normalized spacial score (nSPS) is 10.0. The second-order valence-electron chi connectivity index (χ2n) is 4.43. The van der Waals surface area contributed by atoms with Gasteiger partial charge in [-0.3, -0.25) is 4.79 Å². The van der Waals surface area contributed by atoms with Crippen LogP contribution in [0, 0.1) is 18.3 Å². The molecule has 102 valence electrons. The second kappa shape index (κ2) is 5.89. The number of carbonyl (C=O) groups excluding carboxylic acids is 1. The van der Waals surface area contributed by atoms with Gasteiger partial charge in [-0.05, 0) is 30.7 Å². The lowest BCUT2D eigenvalue weighted by Gasteiger charge is -2.09. The van der Waals surface area contributed by atoms with E-state index in [1.807, 2.05) is 13.0 Å². The molecule has 1 amide bonds. The van der Waals surface area contributed by atoms with Crippen LogP contribution >= 0.6 is 0 Å². The number of aromatic nitrogens is 2. The molecular weight excluding hydrogens is 254 g/mol. The molecule has 0 atom stereocenters. The SMILES string of the molecule is Cc1cc(N)ccc1NC(=O)CCn1ccnc1C#N. The summed E-state index contributed by atoms with van der Waals surface area (Å²) < 4.78 is 1.65. The van der Waals surface area contributed by atoms with Crippen molar-refractivity contribution in [3.8, 4) is 6.07 Å². The lowest BCUT2D eigenvalue weighted by atomic mass is 10.2. The van der Waals surface area contributed by atoms with Crippen molar-refractivity contribution in [1.82, 2.24) is 9.55 Å². The van der Waals surface area contributed by atoms with Crippen LogP contribution in [0.15, 0.2) is 30.6 Å². The molecule has 0 fully saturated rings. The number of nitrogens with zero attached hydrogens (tertiary/aromatic N) is 3. The number of amides is 1. The van der Waals surface area contributed by atoms with Crippen LogP contribution in [0.3, 0.4) is 0 Å². The van der Waals surface area contributed by atoms with Crippen LogP contribution in [0.25, 0.3) is 0 Å². The molecule has 0 aliphatic carbocycles. The van der Waals surface area contributed by atoms with Gasteiger partial charge in [0.2, 0.25) is 11.7 Å². The highest BCUT2D eigenvalue weighted by Gasteiger charge is 2.07. The lowest BCUT2D eigenvalue weighted by molar-refractivity contribution is -0.116. The molecule has 1 aromatic carbocycles. The van der Waals surface area contributed by atoms with E-state index in [-0.39, 0.29) is 12.3 Å². The predicted molar refractivity (Wildman–Crippen MR) is 75.8 cm³/mol. The Bertz CT molecular complexity index is 668.